The van der Waals surface area contributed by atoms with Crippen molar-refractivity contribution in [3.05, 3.63) is 11.9 Å². The topological polar surface area (TPSA) is 134 Å². The zero-order chi connectivity index (χ0) is 32.4. The Morgan fingerprint density at radius 3 is 2.34 bits per heavy atom. The van der Waals surface area contributed by atoms with Crippen molar-refractivity contribution in [2.75, 3.05) is 13.2 Å². The van der Waals surface area contributed by atoms with Gasteiger partial charge in [-0.3, -0.25) is 19.2 Å². The Bertz CT molecular complexity index is 1180. The number of alkyl halides is 5. The second-order valence-corrected chi connectivity index (χ2v) is 11.9. The Balaban J connectivity index is 1.64. The van der Waals surface area contributed by atoms with Crippen LogP contribution < -0.4 is 16.0 Å². The van der Waals surface area contributed by atoms with Crippen LogP contribution in [0.2, 0.25) is 0 Å². The standard InChI is InChI=1S/C28H36F6N4O6/c1-2-44-25(42)19(29)12-16(11-15-8-9-35-22(15)39)36-23(40)21-18-7-6-17(13-27(18,30)31)38(21)24(41)20(10-14-4-3-5-14)37-26(43)28(32,33)34/h12,14-18,20-21H,2-11,13H2,1H3,(H,35,39)(H,36,40)(H,37,43)/b19-12-/t15-,16-,17+,18+,20+,21+/m1/s1. The maximum Gasteiger partial charge on any atom is 0.471 e. The summed E-state index contributed by atoms with van der Waals surface area (Å²) in [5.74, 6) is -13.7. The molecule has 16 heteroatoms. The lowest BCUT2D eigenvalue weighted by atomic mass is 9.71. The van der Waals surface area contributed by atoms with Gasteiger partial charge in [-0.15, -0.1) is 0 Å². The van der Waals surface area contributed by atoms with Crippen molar-refractivity contribution in [2.45, 2.75) is 101 Å². The van der Waals surface area contributed by atoms with Gasteiger partial charge in [-0.1, -0.05) is 19.3 Å². The number of carbonyl (C=O) groups excluding carboxylic acids is 5. The first kappa shape index (κ1) is 33.6. The normalized spacial score (nSPS) is 28.0. The number of piperidine rings is 2. The highest BCUT2D eigenvalue weighted by molar-refractivity contribution is 5.94. The van der Waals surface area contributed by atoms with Crippen LogP contribution >= 0.6 is 0 Å². The van der Waals surface area contributed by atoms with E-state index in [0.29, 0.717) is 31.9 Å². The van der Waals surface area contributed by atoms with Crippen LogP contribution in [-0.4, -0.2) is 83.9 Å². The first-order chi connectivity index (χ1) is 20.6. The predicted octanol–water partition coefficient (Wildman–Crippen LogP) is 2.67. The third-order valence-electron chi connectivity index (χ3n) is 8.96. The number of fused-ring (bicyclic) bond motifs is 3. The molecule has 0 aromatic carbocycles. The first-order valence-electron chi connectivity index (χ1n) is 14.8. The van der Waals surface area contributed by atoms with Crippen molar-refractivity contribution in [3.8, 4) is 0 Å². The minimum absolute atomic E-state index is 0.0577. The molecule has 2 aliphatic carbocycles. The molecule has 0 spiro atoms. The van der Waals surface area contributed by atoms with Crippen molar-refractivity contribution >= 4 is 29.6 Å². The number of carbonyl (C=O) groups is 5. The highest BCUT2D eigenvalue weighted by atomic mass is 19.4. The Labute approximate surface area is 249 Å². The molecule has 2 bridgehead atoms. The molecule has 5 fully saturated rings. The van der Waals surface area contributed by atoms with Gasteiger partial charge in [0.2, 0.25) is 23.5 Å². The van der Waals surface area contributed by atoms with Crippen LogP contribution in [0, 0.1) is 17.8 Å². The van der Waals surface area contributed by atoms with E-state index >= 15 is 8.78 Å². The molecular weight excluding hydrogens is 602 g/mol. The quantitative estimate of drug-likeness (QED) is 0.181. The molecule has 3 N–H and O–H groups in total. The molecule has 3 aliphatic heterocycles. The molecule has 0 unspecified atom stereocenters. The van der Waals surface area contributed by atoms with E-state index in [1.54, 1.807) is 5.32 Å². The first-order valence-corrected chi connectivity index (χ1v) is 14.8. The van der Waals surface area contributed by atoms with Crippen LogP contribution in [-0.2, 0) is 28.7 Å². The smallest absolute Gasteiger partial charge is 0.461 e. The van der Waals surface area contributed by atoms with E-state index in [9.17, 15) is 41.5 Å². The van der Waals surface area contributed by atoms with Gasteiger partial charge in [0, 0.05) is 24.9 Å². The van der Waals surface area contributed by atoms with Crippen LogP contribution in [0.4, 0.5) is 26.3 Å². The molecular formula is C28H36F6N4O6. The lowest BCUT2D eigenvalue weighted by molar-refractivity contribution is -0.196. The largest absolute Gasteiger partial charge is 0.471 e. The van der Waals surface area contributed by atoms with E-state index in [0.717, 1.165) is 11.3 Å². The van der Waals surface area contributed by atoms with Crippen molar-refractivity contribution in [1.29, 1.82) is 0 Å². The molecule has 3 heterocycles. The average Bonchev–Trinajstić information content (AvgIpc) is 3.31. The summed E-state index contributed by atoms with van der Waals surface area (Å²) < 4.78 is 89.1. The Morgan fingerprint density at radius 1 is 1.09 bits per heavy atom. The summed E-state index contributed by atoms with van der Waals surface area (Å²) in [4.78, 5) is 64.4. The molecule has 6 atom stereocenters. The van der Waals surface area contributed by atoms with E-state index in [2.05, 4.69) is 15.4 Å². The van der Waals surface area contributed by atoms with Gasteiger partial charge in [0.1, 0.15) is 12.1 Å². The van der Waals surface area contributed by atoms with Gasteiger partial charge in [-0.25, -0.2) is 13.6 Å². The third-order valence-corrected chi connectivity index (χ3v) is 8.96. The van der Waals surface area contributed by atoms with Gasteiger partial charge in [-0.05, 0) is 51.0 Å². The number of hydrogen-bond acceptors (Lipinski definition) is 6. The predicted molar refractivity (Wildman–Crippen MR) is 140 cm³/mol. The summed E-state index contributed by atoms with van der Waals surface area (Å²) >= 11 is 0. The number of esters is 1. The molecule has 246 valence electrons. The van der Waals surface area contributed by atoms with E-state index in [4.69, 9.17) is 0 Å². The fourth-order valence-corrected chi connectivity index (χ4v) is 6.59. The zero-order valence-corrected chi connectivity index (χ0v) is 24.1. The summed E-state index contributed by atoms with van der Waals surface area (Å²) in [6.45, 7) is 1.58. The average molecular weight is 639 g/mol. The van der Waals surface area contributed by atoms with Gasteiger partial charge in [0.25, 0.3) is 5.92 Å². The van der Waals surface area contributed by atoms with Gasteiger partial charge in [0.05, 0.1) is 18.6 Å². The highest BCUT2D eigenvalue weighted by Crippen LogP contribution is 2.49. The second kappa shape index (κ2) is 13.3. The Hall–Kier alpha value is -3.33. The second-order valence-electron chi connectivity index (χ2n) is 11.9. The van der Waals surface area contributed by atoms with E-state index < -0.39 is 89.9 Å². The van der Waals surface area contributed by atoms with E-state index in [1.165, 1.54) is 6.92 Å². The monoisotopic (exact) mass is 638 g/mol. The van der Waals surface area contributed by atoms with E-state index in [1.807, 2.05) is 0 Å². The fraction of sp³-hybridized carbons (Fsp3) is 0.750. The minimum Gasteiger partial charge on any atom is -0.461 e. The van der Waals surface area contributed by atoms with Crippen molar-refractivity contribution in [1.82, 2.24) is 20.9 Å². The molecule has 0 aromatic rings. The molecule has 0 aromatic heterocycles. The Kier molecular flexibility index (Phi) is 10.2. The van der Waals surface area contributed by atoms with Gasteiger partial charge >= 0.3 is 18.1 Å². The Morgan fingerprint density at radius 2 is 1.80 bits per heavy atom. The molecule has 3 saturated heterocycles. The maximum absolute atomic E-state index is 15.2. The number of nitrogens with one attached hydrogen (secondary N) is 3. The number of ether oxygens (including phenoxy) is 1. The van der Waals surface area contributed by atoms with Gasteiger partial charge < -0.3 is 25.6 Å². The van der Waals surface area contributed by atoms with Crippen molar-refractivity contribution < 1.29 is 55.1 Å². The molecule has 44 heavy (non-hydrogen) atoms. The van der Waals surface area contributed by atoms with Crippen LogP contribution in [0.15, 0.2) is 11.9 Å². The third kappa shape index (κ3) is 7.48. The molecule has 5 rings (SSSR count). The van der Waals surface area contributed by atoms with Gasteiger partial charge in [0.15, 0.2) is 0 Å². The molecule has 2 saturated carbocycles. The molecule has 0 radical (unpaired) electrons. The fourth-order valence-electron chi connectivity index (χ4n) is 6.59. The highest BCUT2D eigenvalue weighted by Gasteiger charge is 2.61. The van der Waals surface area contributed by atoms with Gasteiger partial charge in [-0.2, -0.15) is 17.6 Å². The minimum atomic E-state index is -5.31. The summed E-state index contributed by atoms with van der Waals surface area (Å²) in [5.41, 5.74) is 0. The van der Waals surface area contributed by atoms with Crippen molar-refractivity contribution in [2.24, 2.45) is 17.8 Å². The van der Waals surface area contributed by atoms with Crippen LogP contribution in [0.3, 0.4) is 0 Å². The van der Waals surface area contributed by atoms with E-state index in [-0.39, 0.29) is 38.2 Å². The molecule has 5 aliphatic rings. The summed E-state index contributed by atoms with van der Waals surface area (Å²) in [5, 5.41) is 6.69. The van der Waals surface area contributed by atoms with Crippen LogP contribution in [0.1, 0.15) is 64.7 Å². The van der Waals surface area contributed by atoms with Crippen LogP contribution in [0.25, 0.3) is 0 Å². The molecule has 4 amide bonds. The number of amides is 4. The molecule has 10 nitrogen and oxygen atoms in total. The lowest BCUT2D eigenvalue weighted by Gasteiger charge is -2.54. The maximum atomic E-state index is 15.2. The van der Waals surface area contributed by atoms with Crippen LogP contribution in [0.5, 0.6) is 0 Å². The summed E-state index contributed by atoms with van der Waals surface area (Å²) in [6.07, 6.45) is -3.60. The summed E-state index contributed by atoms with van der Waals surface area (Å²) in [7, 11) is 0. The number of hydrogen-bond donors (Lipinski definition) is 3. The lowest BCUT2D eigenvalue weighted by Crippen LogP contribution is -2.71. The number of halogens is 6. The number of rotatable bonds is 11. The van der Waals surface area contributed by atoms with Crippen molar-refractivity contribution in [3.63, 3.8) is 0 Å². The summed E-state index contributed by atoms with van der Waals surface area (Å²) in [6, 6.07) is -6.15. The zero-order valence-electron chi connectivity index (χ0n) is 24.1. The SMILES string of the molecule is CCOC(=O)/C(F)=C/[C@@H](C[C@H]1CCNC1=O)NC(=O)[C@@H]1[C@@H]2CC[C@@H](CC2(F)F)N1C(=O)[C@H](CC1CCC1)NC(=O)C(F)(F)F. The number of nitrogens with zero attached hydrogens (tertiary/aromatic N) is 1.